The molecule has 0 saturated carbocycles. The van der Waals surface area contributed by atoms with Crippen LogP contribution in [-0.4, -0.2) is 0 Å². The number of fused-ring (bicyclic) bond motifs is 16. The smallest absolute Gasteiger partial charge is 0.0622 e. The first-order valence-electron chi connectivity index (χ1n) is 20.7. The van der Waals surface area contributed by atoms with Gasteiger partial charge in [-0.25, -0.2) is 0 Å². The number of rotatable bonds is 3. The Labute approximate surface area is 343 Å². The van der Waals surface area contributed by atoms with Crippen LogP contribution in [0.15, 0.2) is 218 Å². The Morgan fingerprint density at radius 3 is 1.24 bits per heavy atom. The van der Waals surface area contributed by atoms with E-state index in [0.29, 0.717) is 0 Å². The third-order valence-corrected chi connectivity index (χ3v) is 13.5. The summed E-state index contributed by atoms with van der Waals surface area (Å²) in [5.74, 6) is 0. The molecule has 1 spiro atoms. The molecule has 59 heavy (non-hydrogen) atoms. The summed E-state index contributed by atoms with van der Waals surface area (Å²) in [6.45, 7) is 0. The van der Waals surface area contributed by atoms with E-state index in [1.165, 1.54) is 121 Å². The highest BCUT2D eigenvalue weighted by atomic mass is 14.5. The van der Waals surface area contributed by atoms with Gasteiger partial charge in [0.25, 0.3) is 0 Å². The molecule has 11 aromatic rings. The van der Waals surface area contributed by atoms with Crippen molar-refractivity contribution in [2.75, 3.05) is 0 Å². The van der Waals surface area contributed by atoms with Crippen LogP contribution >= 0.6 is 0 Å². The van der Waals surface area contributed by atoms with E-state index in [-0.39, 0.29) is 0 Å². The van der Waals surface area contributed by atoms with Crippen molar-refractivity contribution in [1.82, 2.24) is 0 Å². The van der Waals surface area contributed by atoms with Gasteiger partial charge >= 0.3 is 0 Å². The molecule has 0 N–H and O–H groups in total. The normalized spacial score (nSPS) is 13.2. The summed E-state index contributed by atoms with van der Waals surface area (Å²) in [5, 5.41) is 10.2. The zero-order valence-electron chi connectivity index (χ0n) is 32.3. The fourth-order valence-corrected chi connectivity index (χ4v) is 11.2. The molecule has 11 aromatic carbocycles. The predicted octanol–water partition coefficient (Wildman–Crippen LogP) is 15.6. The van der Waals surface area contributed by atoms with Crippen LogP contribution < -0.4 is 0 Å². The second-order valence-corrected chi connectivity index (χ2v) is 16.2. The van der Waals surface area contributed by atoms with Gasteiger partial charge in [0.05, 0.1) is 5.41 Å². The number of hydrogen-bond acceptors (Lipinski definition) is 0. The fraction of sp³-hybridized carbons (Fsp3) is 0.0169. The maximum Gasteiger partial charge on any atom is 0.0726 e. The summed E-state index contributed by atoms with van der Waals surface area (Å²) in [6, 6.07) is 81.8. The second kappa shape index (κ2) is 12.2. The van der Waals surface area contributed by atoms with Crippen molar-refractivity contribution in [3.8, 4) is 55.6 Å². The summed E-state index contributed by atoms with van der Waals surface area (Å²) in [4.78, 5) is 0. The quantitative estimate of drug-likeness (QED) is 0.158. The van der Waals surface area contributed by atoms with Crippen molar-refractivity contribution < 1.29 is 0 Å². The molecule has 0 unspecified atom stereocenters. The molecular weight excluding hydrogens is 709 g/mol. The van der Waals surface area contributed by atoms with Gasteiger partial charge in [0, 0.05) is 0 Å². The highest BCUT2D eigenvalue weighted by molar-refractivity contribution is 6.22. The molecule has 13 rings (SSSR count). The van der Waals surface area contributed by atoms with Crippen molar-refractivity contribution in [2.24, 2.45) is 0 Å². The Balaban J connectivity index is 1.08. The molecule has 2 aliphatic rings. The van der Waals surface area contributed by atoms with Crippen molar-refractivity contribution in [1.29, 1.82) is 0 Å². The SMILES string of the molecule is c1ccc(-c2c3ccccc3c(-c3ccc(-c4cc5c(c6ccccc46)-c4c(ccc6ccccc46)C54c5ccccc5-c5ccccc54)cc3)c3ccccc23)cc1. The Hall–Kier alpha value is -7.54. The molecule has 0 radical (unpaired) electrons. The van der Waals surface area contributed by atoms with Crippen LogP contribution in [0.1, 0.15) is 22.3 Å². The van der Waals surface area contributed by atoms with Gasteiger partial charge in [0.15, 0.2) is 0 Å². The molecule has 0 heterocycles. The van der Waals surface area contributed by atoms with Crippen molar-refractivity contribution >= 4 is 43.1 Å². The first-order valence-corrected chi connectivity index (χ1v) is 20.7. The lowest BCUT2D eigenvalue weighted by molar-refractivity contribution is 0.795. The predicted molar refractivity (Wildman–Crippen MR) is 249 cm³/mol. The van der Waals surface area contributed by atoms with Crippen molar-refractivity contribution in [2.45, 2.75) is 5.41 Å². The summed E-state index contributed by atoms with van der Waals surface area (Å²) in [5.41, 5.74) is 17.9. The van der Waals surface area contributed by atoms with Crippen LogP contribution in [0.5, 0.6) is 0 Å². The van der Waals surface area contributed by atoms with E-state index in [1.54, 1.807) is 0 Å². The van der Waals surface area contributed by atoms with Crippen molar-refractivity contribution in [3.05, 3.63) is 241 Å². The lowest BCUT2D eigenvalue weighted by Crippen LogP contribution is -2.26. The van der Waals surface area contributed by atoms with Crippen LogP contribution in [0.25, 0.3) is 98.7 Å². The Bertz CT molecular complexity index is 3430. The van der Waals surface area contributed by atoms with E-state index >= 15 is 0 Å². The van der Waals surface area contributed by atoms with Crippen LogP contribution in [0.2, 0.25) is 0 Å². The molecule has 0 fully saturated rings. The number of hydrogen-bond donors (Lipinski definition) is 0. The third kappa shape index (κ3) is 4.33. The molecule has 0 heteroatoms. The molecule has 272 valence electrons. The van der Waals surface area contributed by atoms with Crippen LogP contribution in [0, 0.1) is 0 Å². The van der Waals surface area contributed by atoms with Crippen LogP contribution in [0.3, 0.4) is 0 Å². The first kappa shape index (κ1) is 32.5. The Morgan fingerprint density at radius 1 is 0.220 bits per heavy atom. The summed E-state index contributed by atoms with van der Waals surface area (Å²) >= 11 is 0. The third-order valence-electron chi connectivity index (χ3n) is 13.5. The van der Waals surface area contributed by atoms with Gasteiger partial charge in [-0.3, -0.25) is 0 Å². The number of benzene rings is 11. The lowest BCUT2D eigenvalue weighted by atomic mass is 9.70. The van der Waals surface area contributed by atoms with E-state index < -0.39 is 5.41 Å². The van der Waals surface area contributed by atoms with E-state index in [4.69, 9.17) is 0 Å². The molecule has 0 bridgehead atoms. The minimum atomic E-state index is -0.445. The summed E-state index contributed by atoms with van der Waals surface area (Å²) in [7, 11) is 0. The van der Waals surface area contributed by atoms with Gasteiger partial charge in [-0.15, -0.1) is 0 Å². The van der Waals surface area contributed by atoms with Crippen LogP contribution in [-0.2, 0) is 5.41 Å². The Kier molecular flexibility index (Phi) is 6.74. The lowest BCUT2D eigenvalue weighted by Gasteiger charge is -2.31. The average molecular weight is 745 g/mol. The monoisotopic (exact) mass is 744 g/mol. The fourth-order valence-electron chi connectivity index (χ4n) is 11.2. The van der Waals surface area contributed by atoms with E-state index in [0.717, 1.165) is 0 Å². The zero-order valence-corrected chi connectivity index (χ0v) is 32.3. The second-order valence-electron chi connectivity index (χ2n) is 16.2. The first-order chi connectivity index (χ1) is 29.3. The molecular formula is C59H36. The highest BCUT2D eigenvalue weighted by Gasteiger charge is 2.52. The van der Waals surface area contributed by atoms with E-state index in [1.807, 2.05) is 0 Å². The summed E-state index contributed by atoms with van der Waals surface area (Å²) < 4.78 is 0. The standard InChI is InChI=1S/C59H36/c1-2-17-39(18-3-1)55-46-24-8-10-26-48(46)56(49-27-11-9-25-47(49)55)40-32-30-38(31-33-40)50-36-54-58(45-23-7-6-20-42(45)50)57-41-19-5-4-16-37(41)34-35-53(57)59(54)51-28-14-12-21-43(51)44-22-13-15-29-52(44)59/h1-36H. The molecule has 2 aliphatic carbocycles. The van der Waals surface area contributed by atoms with Gasteiger partial charge in [-0.05, 0) is 127 Å². The van der Waals surface area contributed by atoms with E-state index in [2.05, 4.69) is 218 Å². The summed E-state index contributed by atoms with van der Waals surface area (Å²) in [6.07, 6.45) is 0. The van der Waals surface area contributed by atoms with Gasteiger partial charge < -0.3 is 0 Å². The molecule has 0 nitrogen and oxygen atoms in total. The van der Waals surface area contributed by atoms with E-state index in [9.17, 15) is 0 Å². The minimum absolute atomic E-state index is 0.445. The largest absolute Gasteiger partial charge is 0.0726 e. The van der Waals surface area contributed by atoms with Gasteiger partial charge in [0.1, 0.15) is 0 Å². The molecule has 0 atom stereocenters. The Morgan fingerprint density at radius 2 is 0.644 bits per heavy atom. The van der Waals surface area contributed by atoms with Gasteiger partial charge in [-0.2, -0.15) is 0 Å². The molecule has 0 saturated heterocycles. The molecule has 0 aromatic heterocycles. The molecule has 0 aliphatic heterocycles. The minimum Gasteiger partial charge on any atom is -0.0622 e. The van der Waals surface area contributed by atoms with Crippen LogP contribution in [0.4, 0.5) is 0 Å². The van der Waals surface area contributed by atoms with Crippen molar-refractivity contribution in [3.63, 3.8) is 0 Å². The molecule has 0 amide bonds. The van der Waals surface area contributed by atoms with Gasteiger partial charge in [-0.1, -0.05) is 212 Å². The van der Waals surface area contributed by atoms with Gasteiger partial charge in [0.2, 0.25) is 0 Å². The maximum absolute atomic E-state index is 2.56. The topological polar surface area (TPSA) is 0 Å². The average Bonchev–Trinajstić information content (AvgIpc) is 3.78. The zero-order chi connectivity index (χ0) is 38.7. The highest BCUT2D eigenvalue weighted by Crippen LogP contribution is 2.65. The maximum atomic E-state index is 2.56.